The van der Waals surface area contributed by atoms with E-state index in [0.29, 0.717) is 62.5 Å². The molecule has 2 aliphatic heterocycles. The first-order chi connectivity index (χ1) is 19.6. The first-order valence-electron chi connectivity index (χ1n) is 13.7. The molecule has 1 saturated heterocycles. The second-order valence-electron chi connectivity index (χ2n) is 10.6. The highest BCUT2D eigenvalue weighted by Gasteiger charge is 2.38. The lowest BCUT2D eigenvalue weighted by Gasteiger charge is -2.34. The number of ether oxygens (including phenoxy) is 2. The third-order valence-corrected chi connectivity index (χ3v) is 7.23. The maximum atomic E-state index is 13.6. The van der Waals surface area contributed by atoms with Gasteiger partial charge in [0.15, 0.2) is 0 Å². The number of benzene rings is 2. The predicted octanol–water partition coefficient (Wildman–Crippen LogP) is 6.80. The number of fused-ring (bicyclic) bond motifs is 1. The Bertz CT molecular complexity index is 1260. The first-order valence-corrected chi connectivity index (χ1v) is 13.7. The van der Waals surface area contributed by atoms with Gasteiger partial charge in [0.1, 0.15) is 0 Å². The molecule has 7 nitrogen and oxygen atoms in total. The Morgan fingerprint density at radius 2 is 1.60 bits per heavy atom. The fourth-order valence-corrected chi connectivity index (χ4v) is 5.32. The van der Waals surface area contributed by atoms with Gasteiger partial charge in [-0.05, 0) is 68.7 Å². The maximum Gasteiger partial charge on any atom is 0.416 e. The van der Waals surface area contributed by atoms with Crippen LogP contribution >= 0.6 is 0 Å². The first kappa shape index (κ1) is 31.5. The predicted molar refractivity (Wildman–Crippen MR) is 143 cm³/mol. The third-order valence-electron chi connectivity index (χ3n) is 7.23. The highest BCUT2D eigenvalue weighted by Crippen LogP contribution is 2.41. The van der Waals surface area contributed by atoms with Gasteiger partial charge in [0.25, 0.3) is 0 Å². The SMILES string of the molecule is CC(=O)N(Cc1cc(C(F)(F)F)cc(C(F)(F)F)c1)C1CCCN(C(=O)OC(C)C)c2ccc(N3CCOCC3)cc21. The molecule has 0 aromatic heterocycles. The summed E-state index contributed by atoms with van der Waals surface area (Å²) in [7, 11) is 0. The van der Waals surface area contributed by atoms with Gasteiger partial charge in [-0.15, -0.1) is 0 Å². The van der Waals surface area contributed by atoms with Crippen molar-refractivity contribution in [3.05, 3.63) is 58.7 Å². The van der Waals surface area contributed by atoms with Crippen LogP contribution in [0.1, 0.15) is 61.9 Å². The normalized spacial score (nSPS) is 18.0. The topological polar surface area (TPSA) is 62.3 Å². The van der Waals surface area contributed by atoms with Crippen LogP contribution in [0.15, 0.2) is 36.4 Å². The molecule has 0 bridgehead atoms. The lowest BCUT2D eigenvalue weighted by molar-refractivity contribution is -0.143. The second kappa shape index (κ2) is 12.4. The van der Waals surface area contributed by atoms with Gasteiger partial charge in [0.05, 0.1) is 42.2 Å². The summed E-state index contributed by atoms with van der Waals surface area (Å²) in [5.41, 5.74) is -1.40. The summed E-state index contributed by atoms with van der Waals surface area (Å²) in [5, 5.41) is 0. The van der Waals surface area contributed by atoms with Gasteiger partial charge in [-0.1, -0.05) is 0 Å². The molecular formula is C29H33F6N3O4. The van der Waals surface area contributed by atoms with Crippen molar-refractivity contribution < 1.29 is 45.4 Å². The van der Waals surface area contributed by atoms with Crippen molar-refractivity contribution in [1.29, 1.82) is 0 Å². The summed E-state index contributed by atoms with van der Waals surface area (Å²) in [6, 6.07) is 6.01. The Hall–Kier alpha value is -3.48. The van der Waals surface area contributed by atoms with Gasteiger partial charge < -0.3 is 19.3 Å². The molecule has 1 unspecified atom stereocenters. The largest absolute Gasteiger partial charge is 0.446 e. The van der Waals surface area contributed by atoms with E-state index >= 15 is 0 Å². The Morgan fingerprint density at radius 1 is 0.976 bits per heavy atom. The van der Waals surface area contributed by atoms with Crippen molar-refractivity contribution in [3.8, 4) is 0 Å². The summed E-state index contributed by atoms with van der Waals surface area (Å²) in [6.45, 7) is 6.61. The molecule has 1 atom stereocenters. The monoisotopic (exact) mass is 601 g/mol. The number of hydrogen-bond donors (Lipinski definition) is 0. The van der Waals surface area contributed by atoms with Gasteiger partial charge in [-0.25, -0.2) is 4.79 Å². The highest BCUT2D eigenvalue weighted by molar-refractivity contribution is 5.90. The van der Waals surface area contributed by atoms with Gasteiger partial charge >= 0.3 is 18.4 Å². The van der Waals surface area contributed by atoms with Crippen LogP contribution in [0.3, 0.4) is 0 Å². The van der Waals surface area contributed by atoms with Gasteiger partial charge in [0.2, 0.25) is 5.91 Å². The number of alkyl halides is 6. The molecule has 0 N–H and O–H groups in total. The van der Waals surface area contributed by atoms with E-state index in [1.165, 1.54) is 16.7 Å². The molecule has 0 aliphatic carbocycles. The highest BCUT2D eigenvalue weighted by atomic mass is 19.4. The number of hydrogen-bond acceptors (Lipinski definition) is 5. The summed E-state index contributed by atoms with van der Waals surface area (Å²) in [5.74, 6) is -0.535. The quantitative estimate of drug-likeness (QED) is 0.353. The molecule has 13 heteroatoms. The molecule has 2 heterocycles. The Balaban J connectivity index is 1.80. The molecule has 42 heavy (non-hydrogen) atoms. The number of anilines is 2. The number of nitrogens with zero attached hydrogens (tertiary/aromatic N) is 3. The third kappa shape index (κ3) is 7.29. The van der Waals surface area contributed by atoms with E-state index in [-0.39, 0.29) is 18.2 Å². The molecule has 2 aromatic carbocycles. The van der Waals surface area contributed by atoms with Crippen molar-refractivity contribution >= 4 is 23.4 Å². The average molecular weight is 602 g/mol. The molecule has 1 fully saturated rings. The van der Waals surface area contributed by atoms with Crippen molar-refractivity contribution in [2.75, 3.05) is 42.6 Å². The summed E-state index contributed by atoms with van der Waals surface area (Å²) >= 11 is 0. The zero-order chi connectivity index (χ0) is 30.8. The van der Waals surface area contributed by atoms with Crippen LogP contribution in [-0.4, -0.2) is 55.9 Å². The minimum absolute atomic E-state index is 0.0649. The molecule has 4 rings (SSSR count). The van der Waals surface area contributed by atoms with E-state index in [9.17, 15) is 35.9 Å². The molecule has 2 aliphatic rings. The van der Waals surface area contributed by atoms with Gasteiger partial charge in [-0.2, -0.15) is 26.3 Å². The number of morpholine rings is 1. The van der Waals surface area contributed by atoms with Crippen LogP contribution in [0, 0.1) is 0 Å². The minimum atomic E-state index is -5.02. The van der Waals surface area contributed by atoms with Crippen LogP contribution in [0.25, 0.3) is 0 Å². The summed E-state index contributed by atoms with van der Waals surface area (Å²) < 4.78 is 92.2. The van der Waals surface area contributed by atoms with Crippen molar-refractivity contribution in [1.82, 2.24) is 4.90 Å². The molecule has 230 valence electrons. The Morgan fingerprint density at radius 3 is 2.14 bits per heavy atom. The average Bonchev–Trinajstić information content (AvgIpc) is 3.10. The standard InChI is InChI=1S/C29H33F6N3O4/c1-18(2)42-27(40)37-8-4-5-25(24-16-23(6-7-26(24)37)36-9-11-41-12-10-36)38(19(3)39)17-20-13-21(28(30,31)32)15-22(14-20)29(33,34)35/h6-7,13-16,18,25H,4-5,8-12,17H2,1-3H3. The van der Waals surface area contributed by atoms with Crippen LogP contribution in [0.4, 0.5) is 42.5 Å². The lowest BCUT2D eigenvalue weighted by Crippen LogP contribution is -2.37. The van der Waals surface area contributed by atoms with Crippen LogP contribution < -0.4 is 9.80 Å². The van der Waals surface area contributed by atoms with E-state index in [2.05, 4.69) is 4.90 Å². The number of amides is 2. The number of carbonyl (C=O) groups is 2. The van der Waals surface area contributed by atoms with E-state index in [0.717, 1.165) is 5.69 Å². The Labute approximate surface area is 240 Å². The fourth-order valence-electron chi connectivity index (χ4n) is 5.32. The Kier molecular flexibility index (Phi) is 9.29. The molecular weight excluding hydrogens is 568 g/mol. The summed E-state index contributed by atoms with van der Waals surface area (Å²) in [4.78, 5) is 30.9. The van der Waals surface area contributed by atoms with Crippen molar-refractivity contribution in [2.45, 2.75) is 64.7 Å². The smallest absolute Gasteiger partial charge is 0.416 e. The van der Waals surface area contributed by atoms with Gasteiger partial charge in [0, 0.05) is 44.4 Å². The molecule has 0 spiro atoms. The zero-order valence-electron chi connectivity index (χ0n) is 23.5. The molecule has 2 aromatic rings. The van der Waals surface area contributed by atoms with Crippen molar-refractivity contribution in [3.63, 3.8) is 0 Å². The fraction of sp³-hybridized carbons (Fsp3) is 0.517. The van der Waals surface area contributed by atoms with Crippen LogP contribution in [-0.2, 0) is 33.2 Å². The maximum absolute atomic E-state index is 13.6. The molecule has 0 radical (unpaired) electrons. The number of rotatable bonds is 5. The zero-order valence-corrected chi connectivity index (χ0v) is 23.5. The lowest BCUT2D eigenvalue weighted by atomic mass is 9.97. The van der Waals surface area contributed by atoms with E-state index < -0.39 is 54.2 Å². The van der Waals surface area contributed by atoms with E-state index in [1.807, 2.05) is 12.1 Å². The van der Waals surface area contributed by atoms with Crippen molar-refractivity contribution in [2.24, 2.45) is 0 Å². The van der Waals surface area contributed by atoms with Gasteiger partial charge in [-0.3, -0.25) is 9.69 Å². The number of carbonyl (C=O) groups excluding carboxylic acids is 2. The van der Waals surface area contributed by atoms with E-state index in [1.54, 1.807) is 19.9 Å². The van der Waals surface area contributed by atoms with Crippen LogP contribution in [0.2, 0.25) is 0 Å². The van der Waals surface area contributed by atoms with Crippen LogP contribution in [0.5, 0.6) is 0 Å². The summed E-state index contributed by atoms with van der Waals surface area (Å²) in [6.07, 6.45) is -10.3. The van der Waals surface area contributed by atoms with E-state index in [4.69, 9.17) is 9.47 Å². The molecule has 2 amide bonds. The number of halogens is 6. The second-order valence-corrected chi connectivity index (χ2v) is 10.6. The molecule has 0 saturated carbocycles. The minimum Gasteiger partial charge on any atom is -0.446 e.